The second-order valence-electron chi connectivity index (χ2n) is 11.8. The van der Waals surface area contributed by atoms with E-state index in [1.165, 1.54) is 0 Å². The number of hydrogen-bond acceptors (Lipinski definition) is 4. The van der Waals surface area contributed by atoms with E-state index in [0.717, 1.165) is 78.1 Å². The van der Waals surface area contributed by atoms with Crippen LogP contribution in [0.25, 0.3) is 61.0 Å². The first-order valence-electron chi connectivity index (χ1n) is 16.0. The summed E-state index contributed by atoms with van der Waals surface area (Å²) in [4.78, 5) is 16.8. The fourth-order valence-electron chi connectivity index (χ4n) is 6.63. The summed E-state index contributed by atoms with van der Waals surface area (Å²) < 4.78 is 2.32. The van der Waals surface area contributed by atoms with Crippen LogP contribution >= 0.6 is 0 Å². The maximum Gasteiger partial charge on any atom is 0.0971 e. The average molecular weight is 616 g/mol. The van der Waals surface area contributed by atoms with Gasteiger partial charge in [0.2, 0.25) is 0 Å². The zero-order chi connectivity index (χ0) is 31.9. The van der Waals surface area contributed by atoms with Crippen LogP contribution < -0.4 is 4.90 Å². The molecule has 0 fully saturated rings. The highest BCUT2D eigenvalue weighted by molar-refractivity contribution is 6.11. The van der Waals surface area contributed by atoms with Gasteiger partial charge in [-0.25, -0.2) is 4.98 Å². The van der Waals surface area contributed by atoms with Gasteiger partial charge in [0.25, 0.3) is 0 Å². The zero-order valence-corrected chi connectivity index (χ0v) is 26.0. The van der Waals surface area contributed by atoms with Crippen molar-refractivity contribution in [1.29, 1.82) is 0 Å². The second kappa shape index (κ2) is 11.6. The molecule has 0 unspecified atom stereocenters. The molecule has 5 heteroatoms. The molecule has 0 aliphatic heterocycles. The predicted molar refractivity (Wildman–Crippen MR) is 197 cm³/mol. The topological polar surface area (TPSA) is 46.8 Å². The van der Waals surface area contributed by atoms with E-state index in [1.54, 1.807) is 0 Å². The van der Waals surface area contributed by atoms with E-state index in [0.29, 0.717) is 0 Å². The molecular weight excluding hydrogens is 587 g/mol. The minimum Gasteiger partial charge on any atom is -0.310 e. The Morgan fingerprint density at radius 2 is 1.08 bits per heavy atom. The van der Waals surface area contributed by atoms with Crippen molar-refractivity contribution >= 4 is 49.9 Å². The summed E-state index contributed by atoms with van der Waals surface area (Å²) in [5, 5.41) is 2.20. The lowest BCUT2D eigenvalue weighted by Crippen LogP contribution is -2.10. The van der Waals surface area contributed by atoms with E-state index in [4.69, 9.17) is 4.98 Å². The Hall–Kier alpha value is -6.59. The number of fused-ring (bicyclic) bond motifs is 4. The van der Waals surface area contributed by atoms with Gasteiger partial charge in [0.05, 0.1) is 33.5 Å². The fraction of sp³-hybridized carbons (Fsp3) is 0. The molecule has 5 aromatic carbocycles. The van der Waals surface area contributed by atoms with Crippen molar-refractivity contribution in [2.24, 2.45) is 0 Å². The van der Waals surface area contributed by atoms with Gasteiger partial charge in [-0.1, -0.05) is 72.8 Å². The number of anilines is 3. The van der Waals surface area contributed by atoms with Crippen LogP contribution in [-0.2, 0) is 0 Å². The van der Waals surface area contributed by atoms with Gasteiger partial charge in [0.15, 0.2) is 0 Å². The number of para-hydroxylation sites is 2. The van der Waals surface area contributed by atoms with Crippen LogP contribution in [0.4, 0.5) is 17.1 Å². The van der Waals surface area contributed by atoms with Crippen molar-refractivity contribution < 1.29 is 0 Å². The molecule has 4 aromatic heterocycles. The zero-order valence-electron chi connectivity index (χ0n) is 26.0. The molecule has 226 valence electrons. The molecule has 9 aromatic rings. The normalized spacial score (nSPS) is 11.3. The minimum absolute atomic E-state index is 0.930. The van der Waals surface area contributed by atoms with Crippen molar-refractivity contribution in [1.82, 2.24) is 19.5 Å². The summed E-state index contributed by atoms with van der Waals surface area (Å²) >= 11 is 0. The lowest BCUT2D eigenvalue weighted by atomic mass is 10.1. The highest BCUT2D eigenvalue weighted by Gasteiger charge is 2.19. The predicted octanol–water partition coefficient (Wildman–Crippen LogP) is 10.9. The quantitative estimate of drug-likeness (QED) is 0.187. The van der Waals surface area contributed by atoms with Gasteiger partial charge in [0.1, 0.15) is 0 Å². The van der Waals surface area contributed by atoms with E-state index >= 15 is 0 Å². The maximum absolute atomic E-state index is 5.25. The monoisotopic (exact) mass is 615 g/mol. The molecule has 5 nitrogen and oxygen atoms in total. The van der Waals surface area contributed by atoms with Crippen molar-refractivity contribution in [2.75, 3.05) is 4.90 Å². The number of benzene rings is 5. The second-order valence-corrected chi connectivity index (χ2v) is 11.8. The van der Waals surface area contributed by atoms with Gasteiger partial charge in [-0.05, 0) is 91.0 Å². The maximum atomic E-state index is 5.25. The van der Waals surface area contributed by atoms with Gasteiger partial charge in [-0.3, -0.25) is 9.97 Å². The number of hydrogen-bond donors (Lipinski definition) is 0. The van der Waals surface area contributed by atoms with Crippen molar-refractivity contribution in [2.45, 2.75) is 0 Å². The third-order valence-corrected chi connectivity index (χ3v) is 8.82. The first-order chi connectivity index (χ1) is 23.8. The molecule has 0 saturated heterocycles. The van der Waals surface area contributed by atoms with Gasteiger partial charge >= 0.3 is 0 Å². The Kier molecular flexibility index (Phi) is 6.72. The van der Waals surface area contributed by atoms with Gasteiger partial charge in [0, 0.05) is 57.0 Å². The summed E-state index contributed by atoms with van der Waals surface area (Å²) in [5.74, 6) is 0. The molecule has 0 atom stereocenters. The summed E-state index contributed by atoms with van der Waals surface area (Å²) in [6.45, 7) is 0. The van der Waals surface area contributed by atoms with E-state index in [-0.39, 0.29) is 0 Å². The summed E-state index contributed by atoms with van der Waals surface area (Å²) in [6, 6.07) is 57.0. The van der Waals surface area contributed by atoms with Crippen LogP contribution in [0.1, 0.15) is 0 Å². The highest BCUT2D eigenvalue weighted by atomic mass is 15.1. The molecule has 0 amide bonds. The molecule has 9 rings (SSSR count). The minimum atomic E-state index is 0.930. The van der Waals surface area contributed by atoms with E-state index in [1.807, 2.05) is 54.9 Å². The summed E-state index contributed by atoms with van der Waals surface area (Å²) in [6.07, 6.45) is 3.67. The van der Waals surface area contributed by atoms with Crippen LogP contribution in [0.2, 0.25) is 0 Å². The van der Waals surface area contributed by atoms with E-state index < -0.39 is 0 Å². The Morgan fingerprint density at radius 1 is 0.458 bits per heavy atom. The molecular formula is C43H29N5. The largest absolute Gasteiger partial charge is 0.310 e. The molecule has 0 N–H and O–H groups in total. The van der Waals surface area contributed by atoms with Crippen molar-refractivity contribution in [3.63, 3.8) is 0 Å². The van der Waals surface area contributed by atoms with Crippen molar-refractivity contribution in [3.05, 3.63) is 176 Å². The first kappa shape index (κ1) is 27.7. The Balaban J connectivity index is 1.30. The third kappa shape index (κ3) is 4.86. The number of pyridine rings is 3. The number of nitrogens with zero attached hydrogens (tertiary/aromatic N) is 5. The van der Waals surface area contributed by atoms with Gasteiger partial charge in [-0.2, -0.15) is 0 Å². The Bertz CT molecular complexity index is 2480. The van der Waals surface area contributed by atoms with Crippen LogP contribution in [0.3, 0.4) is 0 Å². The van der Waals surface area contributed by atoms with Crippen LogP contribution in [-0.4, -0.2) is 19.5 Å². The van der Waals surface area contributed by atoms with E-state index in [2.05, 4.69) is 141 Å². The molecule has 0 saturated carbocycles. The summed E-state index contributed by atoms with van der Waals surface area (Å²) in [5.41, 5.74) is 12.3. The third-order valence-electron chi connectivity index (χ3n) is 8.82. The SMILES string of the molecule is c1ccc(-n2c3ccc(N(c4cccc(-c5ccccn5)c4)c4cccc(-c5ccccn5)c4)cc3c3nc4ccccc4cc32)cc1. The van der Waals surface area contributed by atoms with E-state index in [9.17, 15) is 0 Å². The van der Waals surface area contributed by atoms with Crippen LogP contribution in [0, 0.1) is 0 Å². The smallest absolute Gasteiger partial charge is 0.0971 e. The Labute approximate surface area is 278 Å². The lowest BCUT2D eigenvalue weighted by Gasteiger charge is -2.26. The first-order valence-corrected chi connectivity index (χ1v) is 16.0. The van der Waals surface area contributed by atoms with Gasteiger partial charge < -0.3 is 9.47 Å². The average Bonchev–Trinajstić information content (AvgIpc) is 3.48. The number of rotatable bonds is 6. The van der Waals surface area contributed by atoms with Crippen molar-refractivity contribution in [3.8, 4) is 28.2 Å². The molecule has 0 radical (unpaired) electrons. The molecule has 4 heterocycles. The molecule has 0 aliphatic carbocycles. The number of aromatic nitrogens is 4. The summed E-state index contributed by atoms with van der Waals surface area (Å²) in [7, 11) is 0. The fourth-order valence-corrected chi connectivity index (χ4v) is 6.63. The molecule has 0 bridgehead atoms. The van der Waals surface area contributed by atoms with Crippen LogP contribution in [0.15, 0.2) is 176 Å². The Morgan fingerprint density at radius 3 is 1.75 bits per heavy atom. The van der Waals surface area contributed by atoms with Crippen LogP contribution in [0.5, 0.6) is 0 Å². The molecule has 0 aliphatic rings. The standard InChI is InChI=1S/C43H29N5/c1-2-15-33(16-3-1)48-41-23-22-36(29-37(41)43-42(48)28-32-12-4-5-21-40(32)46-43)47(34-17-10-13-30(26-34)38-19-6-8-24-44-38)35-18-11-14-31(27-35)39-20-7-9-25-45-39/h1-29H. The van der Waals surface area contributed by atoms with Gasteiger partial charge in [-0.15, -0.1) is 0 Å². The lowest BCUT2D eigenvalue weighted by molar-refractivity contribution is 1.18. The highest BCUT2D eigenvalue weighted by Crippen LogP contribution is 2.41. The molecule has 0 spiro atoms. The molecule has 48 heavy (non-hydrogen) atoms.